The molecule has 1 aliphatic rings. The fourth-order valence-corrected chi connectivity index (χ4v) is 3.32. The van der Waals surface area contributed by atoms with Crippen LogP contribution in [0.4, 0.5) is 5.69 Å². The van der Waals surface area contributed by atoms with Gasteiger partial charge in [0.1, 0.15) is 5.75 Å². The minimum atomic E-state index is 0.456. The molecule has 112 valence electrons. The summed E-state index contributed by atoms with van der Waals surface area (Å²) >= 11 is 6.38. The van der Waals surface area contributed by atoms with Gasteiger partial charge in [-0.15, -0.1) is 0 Å². The van der Waals surface area contributed by atoms with Crippen molar-refractivity contribution in [2.45, 2.75) is 39.3 Å². The molecule has 0 aliphatic carbocycles. The Labute approximate surface area is 127 Å². The molecule has 4 heteroatoms. The summed E-state index contributed by atoms with van der Waals surface area (Å²) in [6.07, 6.45) is 1.15. The summed E-state index contributed by atoms with van der Waals surface area (Å²) in [5.74, 6) is 1.45. The number of nitrogens with one attached hydrogen (secondary N) is 1. The molecule has 20 heavy (non-hydrogen) atoms. The third kappa shape index (κ3) is 3.04. The zero-order chi connectivity index (χ0) is 14.7. The van der Waals surface area contributed by atoms with E-state index in [2.05, 4.69) is 31.0 Å². The van der Waals surface area contributed by atoms with Crippen LogP contribution in [0.1, 0.15) is 27.2 Å². The van der Waals surface area contributed by atoms with Crippen molar-refractivity contribution in [1.29, 1.82) is 0 Å². The molecule has 0 bridgehead atoms. The Morgan fingerprint density at radius 2 is 2.15 bits per heavy atom. The van der Waals surface area contributed by atoms with Crippen LogP contribution < -0.4 is 15.0 Å². The quantitative estimate of drug-likeness (QED) is 0.919. The second-order valence-electron chi connectivity index (χ2n) is 5.56. The Morgan fingerprint density at radius 1 is 1.40 bits per heavy atom. The summed E-state index contributed by atoms with van der Waals surface area (Å²) < 4.78 is 5.32. The minimum Gasteiger partial charge on any atom is -0.497 e. The van der Waals surface area contributed by atoms with Gasteiger partial charge in [0.15, 0.2) is 0 Å². The van der Waals surface area contributed by atoms with Gasteiger partial charge in [0.05, 0.1) is 17.8 Å². The summed E-state index contributed by atoms with van der Waals surface area (Å²) in [5, 5.41) is 4.39. The van der Waals surface area contributed by atoms with Crippen LogP contribution in [-0.2, 0) is 0 Å². The van der Waals surface area contributed by atoms with Crippen molar-refractivity contribution in [1.82, 2.24) is 5.32 Å². The molecule has 1 saturated heterocycles. The van der Waals surface area contributed by atoms with Crippen molar-refractivity contribution in [3.8, 4) is 5.75 Å². The Hall–Kier alpha value is -0.930. The topological polar surface area (TPSA) is 24.5 Å². The predicted octanol–water partition coefficient (Wildman–Crippen LogP) is 3.56. The summed E-state index contributed by atoms with van der Waals surface area (Å²) in [7, 11) is 1.69. The second kappa shape index (κ2) is 6.68. The number of methoxy groups -OCH3 is 1. The molecule has 1 heterocycles. The lowest BCUT2D eigenvalue weighted by atomic mass is 9.86. The third-order valence-electron chi connectivity index (χ3n) is 4.50. The summed E-state index contributed by atoms with van der Waals surface area (Å²) in [4.78, 5) is 2.41. The SMILES string of the molecule is CCNC1CCN(c2cc(OC)ccc2Cl)C(C)C1C. The molecule has 0 radical (unpaired) electrons. The highest BCUT2D eigenvalue weighted by Crippen LogP contribution is 2.35. The number of ether oxygens (including phenoxy) is 1. The van der Waals surface area contributed by atoms with Crippen LogP contribution in [0, 0.1) is 5.92 Å². The average Bonchev–Trinajstić information content (AvgIpc) is 2.45. The van der Waals surface area contributed by atoms with E-state index in [9.17, 15) is 0 Å². The molecule has 2 rings (SSSR count). The monoisotopic (exact) mass is 296 g/mol. The molecule has 1 aliphatic heterocycles. The highest BCUT2D eigenvalue weighted by Gasteiger charge is 2.32. The molecular weight excluding hydrogens is 272 g/mol. The number of halogens is 1. The van der Waals surface area contributed by atoms with Gasteiger partial charge in [-0.2, -0.15) is 0 Å². The largest absolute Gasteiger partial charge is 0.497 e. The Morgan fingerprint density at radius 3 is 2.80 bits per heavy atom. The first-order valence-corrected chi connectivity index (χ1v) is 7.79. The standard InChI is InChI=1S/C16H25ClN2O/c1-5-18-15-8-9-19(12(3)11(15)2)16-10-13(20-4)6-7-14(16)17/h6-7,10-12,15,18H,5,8-9H2,1-4H3. The number of hydrogen-bond acceptors (Lipinski definition) is 3. The van der Waals surface area contributed by atoms with Crippen molar-refractivity contribution in [3.05, 3.63) is 23.2 Å². The minimum absolute atomic E-state index is 0.456. The maximum Gasteiger partial charge on any atom is 0.121 e. The number of anilines is 1. The fourth-order valence-electron chi connectivity index (χ4n) is 3.09. The molecule has 0 amide bonds. The molecule has 3 unspecified atom stereocenters. The molecule has 3 atom stereocenters. The maximum absolute atomic E-state index is 6.38. The van der Waals surface area contributed by atoms with E-state index in [1.54, 1.807) is 7.11 Å². The molecule has 3 nitrogen and oxygen atoms in total. The Bertz CT molecular complexity index is 452. The first-order valence-electron chi connectivity index (χ1n) is 7.42. The normalized spacial score (nSPS) is 26.6. The molecule has 1 aromatic carbocycles. The number of rotatable bonds is 4. The summed E-state index contributed by atoms with van der Waals surface area (Å²) in [5.41, 5.74) is 1.08. The van der Waals surface area contributed by atoms with E-state index in [0.29, 0.717) is 18.0 Å². The zero-order valence-corrected chi connectivity index (χ0v) is 13.6. The van der Waals surface area contributed by atoms with E-state index < -0.39 is 0 Å². The number of benzene rings is 1. The Balaban J connectivity index is 2.21. The molecule has 1 aromatic rings. The highest BCUT2D eigenvalue weighted by atomic mass is 35.5. The smallest absolute Gasteiger partial charge is 0.121 e. The molecule has 0 saturated carbocycles. The number of piperidine rings is 1. The van der Waals surface area contributed by atoms with Gasteiger partial charge in [0.25, 0.3) is 0 Å². The average molecular weight is 297 g/mol. The van der Waals surface area contributed by atoms with Gasteiger partial charge in [-0.25, -0.2) is 0 Å². The molecule has 0 aromatic heterocycles. The van der Waals surface area contributed by atoms with Crippen molar-refractivity contribution in [3.63, 3.8) is 0 Å². The van der Waals surface area contributed by atoms with Crippen LogP contribution in [0.25, 0.3) is 0 Å². The maximum atomic E-state index is 6.38. The lowest BCUT2D eigenvalue weighted by Crippen LogP contribution is -2.53. The number of nitrogens with zero attached hydrogens (tertiary/aromatic N) is 1. The molecule has 1 fully saturated rings. The van der Waals surface area contributed by atoms with Crippen LogP contribution in [0.5, 0.6) is 5.75 Å². The van der Waals surface area contributed by atoms with Gasteiger partial charge in [-0.1, -0.05) is 25.4 Å². The van der Waals surface area contributed by atoms with Crippen molar-refractivity contribution < 1.29 is 4.74 Å². The highest BCUT2D eigenvalue weighted by molar-refractivity contribution is 6.33. The zero-order valence-electron chi connectivity index (χ0n) is 12.8. The van der Waals surface area contributed by atoms with E-state index >= 15 is 0 Å². The summed E-state index contributed by atoms with van der Waals surface area (Å²) in [6.45, 7) is 8.82. The summed E-state index contributed by atoms with van der Waals surface area (Å²) in [6, 6.07) is 6.92. The van der Waals surface area contributed by atoms with E-state index in [0.717, 1.165) is 36.0 Å². The van der Waals surface area contributed by atoms with E-state index in [4.69, 9.17) is 16.3 Å². The van der Waals surface area contributed by atoms with Gasteiger partial charge in [0.2, 0.25) is 0 Å². The Kier molecular flexibility index (Phi) is 5.17. The fraction of sp³-hybridized carbons (Fsp3) is 0.625. The van der Waals surface area contributed by atoms with E-state index in [1.165, 1.54) is 0 Å². The third-order valence-corrected chi connectivity index (χ3v) is 4.82. The predicted molar refractivity (Wildman–Crippen MR) is 86.1 cm³/mol. The van der Waals surface area contributed by atoms with E-state index in [-0.39, 0.29) is 0 Å². The van der Waals surface area contributed by atoms with Crippen LogP contribution in [0.2, 0.25) is 5.02 Å². The van der Waals surface area contributed by atoms with Crippen molar-refractivity contribution >= 4 is 17.3 Å². The van der Waals surface area contributed by atoms with Crippen LogP contribution >= 0.6 is 11.6 Å². The van der Waals surface area contributed by atoms with Gasteiger partial charge in [0, 0.05) is 24.7 Å². The molecular formula is C16H25ClN2O. The van der Waals surface area contributed by atoms with E-state index in [1.807, 2.05) is 18.2 Å². The lowest BCUT2D eigenvalue weighted by molar-refractivity contribution is 0.274. The molecule has 0 spiro atoms. The van der Waals surface area contributed by atoms with Gasteiger partial charge in [-0.3, -0.25) is 0 Å². The second-order valence-corrected chi connectivity index (χ2v) is 5.97. The van der Waals surface area contributed by atoms with Crippen molar-refractivity contribution in [2.75, 3.05) is 25.1 Å². The van der Waals surface area contributed by atoms with Crippen LogP contribution in [0.3, 0.4) is 0 Å². The van der Waals surface area contributed by atoms with Gasteiger partial charge >= 0.3 is 0 Å². The van der Waals surface area contributed by atoms with Crippen LogP contribution in [-0.4, -0.2) is 32.3 Å². The first kappa shape index (κ1) is 15.5. The lowest BCUT2D eigenvalue weighted by Gasteiger charge is -2.44. The number of hydrogen-bond donors (Lipinski definition) is 1. The van der Waals surface area contributed by atoms with Crippen molar-refractivity contribution in [2.24, 2.45) is 5.92 Å². The van der Waals surface area contributed by atoms with Gasteiger partial charge in [-0.05, 0) is 37.9 Å². The van der Waals surface area contributed by atoms with Crippen LogP contribution in [0.15, 0.2) is 18.2 Å². The van der Waals surface area contributed by atoms with Gasteiger partial charge < -0.3 is 15.0 Å². The molecule has 1 N–H and O–H groups in total. The first-order chi connectivity index (χ1) is 9.58.